The first-order valence-electron chi connectivity index (χ1n) is 8.86. The van der Waals surface area contributed by atoms with Crippen LogP contribution >= 0.6 is 15.9 Å². The van der Waals surface area contributed by atoms with Gasteiger partial charge in [0, 0.05) is 4.47 Å². The van der Waals surface area contributed by atoms with Gasteiger partial charge in [-0.05, 0) is 58.3 Å². The third-order valence-electron chi connectivity index (χ3n) is 4.32. The van der Waals surface area contributed by atoms with E-state index in [2.05, 4.69) is 28.1 Å². The van der Waals surface area contributed by atoms with E-state index in [1.54, 1.807) is 6.07 Å². The topological polar surface area (TPSA) is 35.5 Å². The average molecular weight is 433 g/mol. The van der Waals surface area contributed by atoms with Gasteiger partial charge in [-0.15, -0.1) is 0 Å². The molecule has 0 aromatic heterocycles. The molecule has 4 rings (SSSR count). The van der Waals surface area contributed by atoms with E-state index in [0.29, 0.717) is 11.5 Å². The lowest BCUT2D eigenvalue weighted by molar-refractivity contribution is -0.136. The van der Waals surface area contributed by atoms with E-state index < -0.39 is 5.97 Å². The van der Waals surface area contributed by atoms with Gasteiger partial charge in [0.2, 0.25) is 0 Å². The van der Waals surface area contributed by atoms with Crippen molar-refractivity contribution >= 4 is 32.7 Å². The minimum absolute atomic E-state index is 0.150. The fraction of sp³-hybridized carbons (Fsp3) is 0.0417. The van der Waals surface area contributed by atoms with Crippen molar-refractivity contribution in [1.29, 1.82) is 0 Å². The summed E-state index contributed by atoms with van der Waals surface area (Å²) in [5.41, 5.74) is 2.23. The lowest BCUT2D eigenvalue weighted by Gasteiger charge is -2.08. The van der Waals surface area contributed by atoms with E-state index in [-0.39, 0.29) is 6.61 Å². The monoisotopic (exact) mass is 432 g/mol. The lowest BCUT2D eigenvalue weighted by atomic mass is 10.1. The Hall–Kier alpha value is -3.11. The average Bonchev–Trinajstić information content (AvgIpc) is 2.73. The zero-order valence-corrected chi connectivity index (χ0v) is 16.6. The molecule has 0 heterocycles. The third-order valence-corrected chi connectivity index (χ3v) is 4.82. The molecule has 0 N–H and O–H groups in total. The Morgan fingerprint density at radius 2 is 1.36 bits per heavy atom. The van der Waals surface area contributed by atoms with Gasteiger partial charge in [-0.25, -0.2) is 4.79 Å². The summed E-state index contributed by atoms with van der Waals surface area (Å²) in [7, 11) is 0. The second-order valence-electron chi connectivity index (χ2n) is 6.31. The van der Waals surface area contributed by atoms with Crippen LogP contribution in [0.25, 0.3) is 21.9 Å². The van der Waals surface area contributed by atoms with Crippen LogP contribution in [0.1, 0.15) is 0 Å². The van der Waals surface area contributed by atoms with Gasteiger partial charge in [-0.1, -0.05) is 70.5 Å². The number of carbonyl (C=O) groups excluding carboxylic acids is 1. The minimum atomic E-state index is -0.441. The first-order chi connectivity index (χ1) is 13.7. The summed E-state index contributed by atoms with van der Waals surface area (Å²) in [5.74, 6) is 0.687. The standard InChI is InChI=1S/C24H17BrO3/c25-21-10-6-20-15-23(13-9-19(20)14-21)28-24(26)16-27-22-11-7-18(8-12-22)17-4-2-1-3-5-17/h1-15H,16H2. The Balaban J connectivity index is 1.36. The van der Waals surface area contributed by atoms with E-state index in [1.807, 2.05) is 72.8 Å². The molecule has 0 fully saturated rings. The molecule has 0 saturated carbocycles. The number of rotatable bonds is 5. The van der Waals surface area contributed by atoms with Crippen molar-refractivity contribution in [3.63, 3.8) is 0 Å². The highest BCUT2D eigenvalue weighted by molar-refractivity contribution is 9.10. The van der Waals surface area contributed by atoms with Crippen LogP contribution in [-0.4, -0.2) is 12.6 Å². The van der Waals surface area contributed by atoms with Gasteiger partial charge in [0.25, 0.3) is 0 Å². The number of hydrogen-bond acceptors (Lipinski definition) is 3. The second kappa shape index (κ2) is 8.28. The molecule has 4 aromatic rings. The smallest absolute Gasteiger partial charge is 0.349 e. The molecular formula is C24H17BrO3. The molecular weight excluding hydrogens is 416 g/mol. The van der Waals surface area contributed by atoms with Gasteiger partial charge in [-0.2, -0.15) is 0 Å². The molecule has 0 spiro atoms. The van der Waals surface area contributed by atoms with Gasteiger partial charge in [-0.3, -0.25) is 0 Å². The Kier molecular flexibility index (Phi) is 5.40. The van der Waals surface area contributed by atoms with E-state index in [4.69, 9.17) is 9.47 Å². The largest absolute Gasteiger partial charge is 0.482 e. The van der Waals surface area contributed by atoms with Crippen LogP contribution in [0.4, 0.5) is 0 Å². The number of carbonyl (C=O) groups is 1. The number of benzene rings is 4. The number of ether oxygens (including phenoxy) is 2. The Labute approximate surface area is 171 Å². The van der Waals surface area contributed by atoms with Gasteiger partial charge in [0.1, 0.15) is 11.5 Å². The number of esters is 1. The maximum Gasteiger partial charge on any atom is 0.349 e. The van der Waals surface area contributed by atoms with Gasteiger partial charge in [0.15, 0.2) is 6.61 Å². The number of fused-ring (bicyclic) bond motifs is 1. The molecule has 0 atom stereocenters. The van der Waals surface area contributed by atoms with Gasteiger partial charge < -0.3 is 9.47 Å². The molecule has 0 aliphatic rings. The van der Waals surface area contributed by atoms with Crippen molar-refractivity contribution in [3.05, 3.63) is 95.5 Å². The van der Waals surface area contributed by atoms with Crippen LogP contribution in [0.2, 0.25) is 0 Å². The molecule has 3 nitrogen and oxygen atoms in total. The predicted molar refractivity (Wildman–Crippen MR) is 115 cm³/mol. The Morgan fingerprint density at radius 1 is 0.714 bits per heavy atom. The molecule has 4 aromatic carbocycles. The highest BCUT2D eigenvalue weighted by Crippen LogP contribution is 2.25. The van der Waals surface area contributed by atoms with E-state index in [1.165, 1.54) is 0 Å². The molecule has 0 amide bonds. The first kappa shape index (κ1) is 18.3. The highest BCUT2D eigenvalue weighted by Gasteiger charge is 2.08. The Bertz CT molecular complexity index is 1110. The molecule has 0 unspecified atom stereocenters. The zero-order valence-electron chi connectivity index (χ0n) is 15.0. The molecule has 138 valence electrons. The van der Waals surface area contributed by atoms with E-state index >= 15 is 0 Å². The molecule has 28 heavy (non-hydrogen) atoms. The second-order valence-corrected chi connectivity index (χ2v) is 7.22. The normalized spacial score (nSPS) is 10.6. The van der Waals surface area contributed by atoms with Crippen LogP contribution in [0.15, 0.2) is 95.5 Å². The maximum absolute atomic E-state index is 12.1. The fourth-order valence-electron chi connectivity index (χ4n) is 2.94. The maximum atomic E-state index is 12.1. The number of halogens is 1. The van der Waals surface area contributed by atoms with E-state index in [0.717, 1.165) is 26.4 Å². The minimum Gasteiger partial charge on any atom is -0.482 e. The SMILES string of the molecule is O=C(COc1ccc(-c2ccccc2)cc1)Oc1ccc2cc(Br)ccc2c1. The van der Waals surface area contributed by atoms with Crippen molar-refractivity contribution in [2.75, 3.05) is 6.61 Å². The molecule has 0 saturated heterocycles. The summed E-state index contributed by atoms with van der Waals surface area (Å²) < 4.78 is 12.0. The molecule has 4 heteroatoms. The van der Waals surface area contributed by atoms with Crippen LogP contribution < -0.4 is 9.47 Å². The predicted octanol–water partition coefficient (Wildman–Crippen LogP) is 6.25. The molecule has 0 bridgehead atoms. The summed E-state index contributed by atoms with van der Waals surface area (Å²) in [6, 6.07) is 29.2. The number of hydrogen-bond donors (Lipinski definition) is 0. The van der Waals surface area contributed by atoms with Crippen LogP contribution in [-0.2, 0) is 4.79 Å². The van der Waals surface area contributed by atoms with Crippen LogP contribution in [0.5, 0.6) is 11.5 Å². The molecule has 0 radical (unpaired) electrons. The van der Waals surface area contributed by atoms with Crippen LogP contribution in [0, 0.1) is 0 Å². The van der Waals surface area contributed by atoms with Gasteiger partial charge >= 0.3 is 5.97 Å². The van der Waals surface area contributed by atoms with Crippen LogP contribution in [0.3, 0.4) is 0 Å². The summed E-state index contributed by atoms with van der Waals surface area (Å²) in [6.45, 7) is -0.150. The Morgan fingerprint density at radius 3 is 2.14 bits per heavy atom. The quantitative estimate of drug-likeness (QED) is 0.276. The highest BCUT2D eigenvalue weighted by atomic mass is 79.9. The fourth-order valence-corrected chi connectivity index (χ4v) is 3.31. The van der Waals surface area contributed by atoms with Crippen molar-refractivity contribution < 1.29 is 14.3 Å². The summed E-state index contributed by atoms with van der Waals surface area (Å²) in [6.07, 6.45) is 0. The summed E-state index contributed by atoms with van der Waals surface area (Å²) in [5, 5.41) is 2.08. The third kappa shape index (κ3) is 4.41. The molecule has 0 aliphatic heterocycles. The zero-order chi connectivity index (χ0) is 19.3. The van der Waals surface area contributed by atoms with Crippen molar-refractivity contribution in [3.8, 4) is 22.6 Å². The van der Waals surface area contributed by atoms with Crippen molar-refractivity contribution in [2.45, 2.75) is 0 Å². The summed E-state index contributed by atoms with van der Waals surface area (Å²) in [4.78, 5) is 12.1. The first-order valence-corrected chi connectivity index (χ1v) is 9.65. The lowest BCUT2D eigenvalue weighted by Crippen LogP contribution is -2.17. The van der Waals surface area contributed by atoms with Gasteiger partial charge in [0.05, 0.1) is 0 Å². The summed E-state index contributed by atoms with van der Waals surface area (Å²) >= 11 is 3.45. The van der Waals surface area contributed by atoms with Crippen molar-refractivity contribution in [2.24, 2.45) is 0 Å². The molecule has 0 aliphatic carbocycles. The van der Waals surface area contributed by atoms with Crippen molar-refractivity contribution in [1.82, 2.24) is 0 Å². The van der Waals surface area contributed by atoms with E-state index in [9.17, 15) is 4.79 Å².